The molecule has 0 spiro atoms. The van der Waals surface area contributed by atoms with Crippen LogP contribution in [-0.2, 0) is 9.47 Å². The molecule has 0 aliphatic carbocycles. The van der Waals surface area contributed by atoms with Crippen LogP contribution in [0.25, 0.3) is 0 Å². The molecule has 15 heavy (non-hydrogen) atoms. The number of thioether (sulfide) groups is 1. The third-order valence-electron chi connectivity index (χ3n) is 1.52. The van der Waals surface area contributed by atoms with E-state index in [1.54, 1.807) is 26.0 Å². The van der Waals surface area contributed by atoms with Crippen LogP contribution >= 0.6 is 35.7 Å². The van der Waals surface area contributed by atoms with Crippen molar-refractivity contribution in [3.8, 4) is 0 Å². The van der Waals surface area contributed by atoms with E-state index in [-0.39, 0.29) is 30.3 Å². The van der Waals surface area contributed by atoms with Gasteiger partial charge in [-0.3, -0.25) is 4.99 Å². The molecule has 0 heterocycles. The van der Waals surface area contributed by atoms with Gasteiger partial charge in [0.05, 0.1) is 6.54 Å². The number of methoxy groups -OCH3 is 2. The Morgan fingerprint density at radius 1 is 1.33 bits per heavy atom. The summed E-state index contributed by atoms with van der Waals surface area (Å²) in [5.41, 5.74) is 0. The molecule has 1 N–H and O–H groups in total. The van der Waals surface area contributed by atoms with Crippen LogP contribution in [0, 0.1) is 0 Å². The second kappa shape index (κ2) is 11.0. The van der Waals surface area contributed by atoms with Gasteiger partial charge in [0.2, 0.25) is 0 Å². The first kappa shape index (κ1) is 17.9. The molecule has 0 aromatic rings. The lowest BCUT2D eigenvalue weighted by Crippen LogP contribution is -2.29. The van der Waals surface area contributed by atoms with E-state index < -0.39 is 0 Å². The summed E-state index contributed by atoms with van der Waals surface area (Å²) in [6, 6.07) is 0.393. The first-order valence-electron chi connectivity index (χ1n) is 4.54. The molecule has 0 saturated heterocycles. The minimum absolute atomic E-state index is 0. The molecule has 0 bridgehead atoms. The molecule has 0 rings (SSSR count). The van der Waals surface area contributed by atoms with Crippen molar-refractivity contribution in [2.45, 2.75) is 26.2 Å². The van der Waals surface area contributed by atoms with Crippen LogP contribution in [-0.4, -0.2) is 44.5 Å². The molecule has 0 aliphatic heterocycles. The third kappa shape index (κ3) is 9.40. The molecule has 4 nitrogen and oxygen atoms in total. The molecule has 0 amide bonds. The molecule has 0 unspecified atom stereocenters. The normalized spacial score (nSPS) is 11.8. The van der Waals surface area contributed by atoms with Crippen LogP contribution in [0.3, 0.4) is 0 Å². The Hall–Kier alpha value is 0.470. The average Bonchev–Trinajstić information content (AvgIpc) is 2.17. The highest BCUT2D eigenvalue weighted by atomic mass is 127. The highest BCUT2D eigenvalue weighted by molar-refractivity contribution is 14.0. The summed E-state index contributed by atoms with van der Waals surface area (Å²) in [7, 11) is 3.22. The summed E-state index contributed by atoms with van der Waals surface area (Å²) >= 11 is 1.59. The number of hydrogen-bond donors (Lipinski definition) is 1. The van der Waals surface area contributed by atoms with Gasteiger partial charge in [-0.05, 0) is 20.1 Å². The van der Waals surface area contributed by atoms with E-state index in [0.717, 1.165) is 5.17 Å². The maximum atomic E-state index is 5.03. The SMILES string of the molecule is COC(CN=C(NC(C)C)SC)OC.I. The Labute approximate surface area is 114 Å². The topological polar surface area (TPSA) is 42.8 Å². The Morgan fingerprint density at radius 2 is 1.87 bits per heavy atom. The smallest absolute Gasteiger partial charge is 0.176 e. The van der Waals surface area contributed by atoms with Crippen LogP contribution in [0.15, 0.2) is 4.99 Å². The average molecular weight is 348 g/mol. The number of rotatable bonds is 5. The fourth-order valence-electron chi connectivity index (χ4n) is 0.819. The first-order valence-corrected chi connectivity index (χ1v) is 5.77. The molecule has 6 heteroatoms. The number of ether oxygens (including phenoxy) is 2. The van der Waals surface area contributed by atoms with E-state index in [1.165, 1.54) is 0 Å². The Morgan fingerprint density at radius 3 is 2.20 bits per heavy atom. The van der Waals surface area contributed by atoms with Gasteiger partial charge in [-0.2, -0.15) is 0 Å². The maximum Gasteiger partial charge on any atom is 0.176 e. The van der Waals surface area contributed by atoms with E-state index in [2.05, 4.69) is 24.2 Å². The second-order valence-corrected chi connectivity index (χ2v) is 3.84. The van der Waals surface area contributed by atoms with E-state index in [9.17, 15) is 0 Å². The predicted octanol–water partition coefficient (Wildman–Crippen LogP) is 1.94. The van der Waals surface area contributed by atoms with Gasteiger partial charge in [-0.25, -0.2) is 0 Å². The molecular weight excluding hydrogens is 327 g/mol. The molecule has 0 aromatic heterocycles. The third-order valence-corrected chi connectivity index (χ3v) is 2.15. The van der Waals surface area contributed by atoms with Crippen molar-refractivity contribution in [2.24, 2.45) is 4.99 Å². The molecule has 0 atom stereocenters. The lowest BCUT2D eigenvalue weighted by molar-refractivity contribution is -0.0936. The lowest BCUT2D eigenvalue weighted by Gasteiger charge is -2.13. The molecule has 0 radical (unpaired) electrons. The predicted molar refractivity (Wildman–Crippen MR) is 77.3 cm³/mol. The zero-order valence-corrected chi connectivity index (χ0v) is 13.1. The minimum atomic E-state index is -0.258. The van der Waals surface area contributed by atoms with Crippen LogP contribution in [0.1, 0.15) is 13.8 Å². The van der Waals surface area contributed by atoms with Crippen molar-refractivity contribution >= 4 is 40.9 Å². The van der Waals surface area contributed by atoms with Crippen molar-refractivity contribution in [2.75, 3.05) is 27.0 Å². The van der Waals surface area contributed by atoms with E-state index in [0.29, 0.717) is 12.6 Å². The number of amidine groups is 1. The number of aliphatic imine (C=N–C) groups is 1. The highest BCUT2D eigenvalue weighted by Crippen LogP contribution is 1.99. The molecule has 92 valence electrons. The largest absolute Gasteiger partial charge is 0.363 e. The van der Waals surface area contributed by atoms with Crippen LogP contribution in [0.4, 0.5) is 0 Å². The van der Waals surface area contributed by atoms with Gasteiger partial charge < -0.3 is 14.8 Å². The molecular formula is C9H21IN2O2S. The quantitative estimate of drug-likeness (QED) is 0.357. The van der Waals surface area contributed by atoms with Crippen molar-refractivity contribution < 1.29 is 9.47 Å². The maximum absolute atomic E-state index is 5.03. The number of nitrogens with one attached hydrogen (secondary N) is 1. The Kier molecular flexibility index (Phi) is 13.1. The van der Waals surface area contributed by atoms with Crippen molar-refractivity contribution in [1.82, 2.24) is 5.32 Å². The van der Waals surface area contributed by atoms with Crippen molar-refractivity contribution in [1.29, 1.82) is 0 Å². The summed E-state index contributed by atoms with van der Waals surface area (Å²) in [6.45, 7) is 4.68. The Balaban J connectivity index is 0. The molecule has 0 aromatic carbocycles. The fourth-order valence-corrected chi connectivity index (χ4v) is 1.38. The van der Waals surface area contributed by atoms with Crippen molar-refractivity contribution in [3.63, 3.8) is 0 Å². The zero-order chi connectivity index (χ0) is 11.0. The minimum Gasteiger partial charge on any atom is -0.363 e. The van der Waals surface area contributed by atoms with Gasteiger partial charge in [0.1, 0.15) is 0 Å². The molecule has 0 aliphatic rings. The summed E-state index contributed by atoms with van der Waals surface area (Å²) in [5, 5.41) is 4.15. The van der Waals surface area contributed by atoms with Crippen LogP contribution in [0.2, 0.25) is 0 Å². The molecule has 0 saturated carbocycles. The van der Waals surface area contributed by atoms with Gasteiger partial charge >= 0.3 is 0 Å². The number of hydrogen-bond acceptors (Lipinski definition) is 4. The van der Waals surface area contributed by atoms with Gasteiger partial charge in [-0.15, -0.1) is 24.0 Å². The van der Waals surface area contributed by atoms with Gasteiger partial charge in [0.15, 0.2) is 11.5 Å². The summed E-state index contributed by atoms with van der Waals surface area (Å²) < 4.78 is 10.1. The lowest BCUT2D eigenvalue weighted by atomic mass is 10.4. The second-order valence-electron chi connectivity index (χ2n) is 3.05. The number of nitrogens with zero attached hydrogens (tertiary/aromatic N) is 1. The summed E-state index contributed by atoms with van der Waals surface area (Å²) in [5.74, 6) is 0. The highest BCUT2D eigenvalue weighted by Gasteiger charge is 2.04. The van der Waals surface area contributed by atoms with E-state index in [1.807, 2.05) is 6.26 Å². The Bertz CT molecular complexity index is 175. The van der Waals surface area contributed by atoms with Crippen LogP contribution in [0.5, 0.6) is 0 Å². The van der Waals surface area contributed by atoms with Gasteiger partial charge in [-0.1, -0.05) is 11.8 Å². The first-order chi connectivity index (χ1) is 6.63. The number of halogens is 1. The molecule has 0 fully saturated rings. The van der Waals surface area contributed by atoms with Crippen LogP contribution < -0.4 is 5.32 Å². The standard InChI is InChI=1S/C9H20N2O2S.HI/c1-7(2)11-9(14-5)10-6-8(12-3)13-4;/h7-8H,6H2,1-5H3,(H,10,11);1H. The zero-order valence-electron chi connectivity index (χ0n) is 9.94. The monoisotopic (exact) mass is 348 g/mol. The van der Waals surface area contributed by atoms with Crippen molar-refractivity contribution in [3.05, 3.63) is 0 Å². The van der Waals surface area contributed by atoms with E-state index >= 15 is 0 Å². The summed E-state index contributed by atoms with van der Waals surface area (Å²) in [4.78, 5) is 4.34. The van der Waals surface area contributed by atoms with E-state index in [4.69, 9.17) is 9.47 Å². The summed E-state index contributed by atoms with van der Waals surface area (Å²) in [6.07, 6.45) is 1.73. The van der Waals surface area contributed by atoms with Gasteiger partial charge in [0.25, 0.3) is 0 Å². The van der Waals surface area contributed by atoms with Gasteiger partial charge in [0, 0.05) is 20.3 Å². The fraction of sp³-hybridized carbons (Fsp3) is 0.889.